The predicted molar refractivity (Wildman–Crippen MR) is 71.9 cm³/mol. The number of hydrogen-bond donors (Lipinski definition) is 1. The lowest BCUT2D eigenvalue weighted by Crippen LogP contribution is -2.28. The standard InChI is InChI=1S/C12H25N5O2/c1-5-6-11(9-19-4)17-12(14-15-16-17)10(2)13-7-8-18-3/h10-11,13H,5-9H2,1-4H3. The summed E-state index contributed by atoms with van der Waals surface area (Å²) in [6.07, 6.45) is 2.06. The van der Waals surface area contributed by atoms with Crippen LogP contribution >= 0.6 is 0 Å². The number of rotatable bonds is 10. The molecule has 1 heterocycles. The Labute approximate surface area is 114 Å². The Balaban J connectivity index is 2.70. The lowest BCUT2D eigenvalue weighted by molar-refractivity contribution is 0.140. The van der Waals surface area contributed by atoms with E-state index in [9.17, 15) is 0 Å². The van der Waals surface area contributed by atoms with Gasteiger partial charge >= 0.3 is 0 Å². The highest BCUT2D eigenvalue weighted by molar-refractivity contribution is 4.92. The molecule has 110 valence electrons. The van der Waals surface area contributed by atoms with Gasteiger partial charge in [-0.2, -0.15) is 0 Å². The molecule has 0 radical (unpaired) electrons. The summed E-state index contributed by atoms with van der Waals surface area (Å²) in [7, 11) is 3.39. The molecule has 2 unspecified atom stereocenters. The van der Waals surface area contributed by atoms with Gasteiger partial charge in [0.25, 0.3) is 0 Å². The highest BCUT2D eigenvalue weighted by Gasteiger charge is 2.20. The van der Waals surface area contributed by atoms with Gasteiger partial charge in [-0.1, -0.05) is 13.3 Å². The van der Waals surface area contributed by atoms with Crippen molar-refractivity contribution >= 4 is 0 Å². The first-order valence-electron chi connectivity index (χ1n) is 6.73. The van der Waals surface area contributed by atoms with Crippen molar-refractivity contribution in [2.45, 2.75) is 38.8 Å². The van der Waals surface area contributed by atoms with Gasteiger partial charge < -0.3 is 14.8 Å². The van der Waals surface area contributed by atoms with Crippen LogP contribution in [0.25, 0.3) is 0 Å². The summed E-state index contributed by atoms with van der Waals surface area (Å²) in [5.74, 6) is 0.839. The second-order valence-electron chi connectivity index (χ2n) is 4.55. The van der Waals surface area contributed by atoms with Crippen LogP contribution in [0.4, 0.5) is 0 Å². The van der Waals surface area contributed by atoms with Crippen molar-refractivity contribution < 1.29 is 9.47 Å². The van der Waals surface area contributed by atoms with Gasteiger partial charge in [-0.15, -0.1) is 5.10 Å². The van der Waals surface area contributed by atoms with Crippen molar-refractivity contribution in [1.82, 2.24) is 25.5 Å². The maximum Gasteiger partial charge on any atom is 0.168 e. The van der Waals surface area contributed by atoms with Crippen molar-refractivity contribution in [2.24, 2.45) is 0 Å². The van der Waals surface area contributed by atoms with Gasteiger partial charge in [0.2, 0.25) is 0 Å². The molecular formula is C12H25N5O2. The van der Waals surface area contributed by atoms with E-state index in [1.54, 1.807) is 14.2 Å². The first kappa shape index (κ1) is 16.0. The summed E-state index contributed by atoms with van der Waals surface area (Å²) >= 11 is 0. The maximum atomic E-state index is 5.26. The Bertz CT molecular complexity index is 339. The average molecular weight is 271 g/mol. The Morgan fingerprint density at radius 2 is 2.11 bits per heavy atom. The van der Waals surface area contributed by atoms with Crippen LogP contribution in [0.2, 0.25) is 0 Å². The molecule has 19 heavy (non-hydrogen) atoms. The fourth-order valence-electron chi connectivity index (χ4n) is 2.02. The van der Waals surface area contributed by atoms with Crippen molar-refractivity contribution in [2.75, 3.05) is 34.0 Å². The Morgan fingerprint density at radius 3 is 2.74 bits per heavy atom. The van der Waals surface area contributed by atoms with E-state index in [1.807, 2.05) is 11.6 Å². The van der Waals surface area contributed by atoms with Crippen LogP contribution in [-0.4, -0.2) is 54.2 Å². The molecule has 0 aliphatic carbocycles. The zero-order valence-electron chi connectivity index (χ0n) is 12.3. The van der Waals surface area contributed by atoms with Crippen molar-refractivity contribution in [3.8, 4) is 0 Å². The largest absolute Gasteiger partial charge is 0.383 e. The molecule has 0 spiro atoms. The van der Waals surface area contributed by atoms with Gasteiger partial charge in [-0.05, 0) is 23.8 Å². The van der Waals surface area contributed by atoms with Crippen LogP contribution in [-0.2, 0) is 9.47 Å². The summed E-state index contributed by atoms with van der Waals surface area (Å²) in [5.41, 5.74) is 0. The summed E-state index contributed by atoms with van der Waals surface area (Å²) in [6, 6.07) is 0.271. The van der Waals surface area contributed by atoms with Crippen LogP contribution in [0.3, 0.4) is 0 Å². The van der Waals surface area contributed by atoms with Gasteiger partial charge in [0.1, 0.15) is 0 Å². The van der Waals surface area contributed by atoms with E-state index in [-0.39, 0.29) is 12.1 Å². The van der Waals surface area contributed by atoms with Crippen molar-refractivity contribution in [1.29, 1.82) is 0 Å². The molecule has 0 aliphatic heterocycles. The van der Waals surface area contributed by atoms with E-state index in [0.717, 1.165) is 25.2 Å². The first-order chi connectivity index (χ1) is 9.24. The molecule has 0 aromatic carbocycles. The molecule has 0 fully saturated rings. The minimum Gasteiger partial charge on any atom is -0.383 e. The number of nitrogens with zero attached hydrogens (tertiary/aromatic N) is 4. The highest BCUT2D eigenvalue weighted by Crippen LogP contribution is 2.17. The molecule has 0 bridgehead atoms. The van der Waals surface area contributed by atoms with Crippen molar-refractivity contribution in [3.05, 3.63) is 5.82 Å². The average Bonchev–Trinajstić information content (AvgIpc) is 2.88. The number of aromatic nitrogens is 4. The van der Waals surface area contributed by atoms with Gasteiger partial charge in [0.05, 0.1) is 25.3 Å². The Kier molecular flexibility index (Phi) is 7.54. The van der Waals surface area contributed by atoms with Crippen molar-refractivity contribution in [3.63, 3.8) is 0 Å². The van der Waals surface area contributed by atoms with Crippen LogP contribution in [0.15, 0.2) is 0 Å². The molecule has 7 heteroatoms. The molecular weight excluding hydrogens is 246 g/mol. The van der Waals surface area contributed by atoms with Gasteiger partial charge in [0, 0.05) is 20.8 Å². The van der Waals surface area contributed by atoms with Gasteiger partial charge in [-0.25, -0.2) is 4.68 Å². The fraction of sp³-hybridized carbons (Fsp3) is 0.917. The van der Waals surface area contributed by atoms with Crippen LogP contribution in [0, 0.1) is 0 Å². The second kappa shape index (κ2) is 8.95. The lowest BCUT2D eigenvalue weighted by atomic mass is 10.1. The smallest absolute Gasteiger partial charge is 0.168 e. The molecule has 1 aromatic rings. The van der Waals surface area contributed by atoms with E-state index >= 15 is 0 Å². The quantitative estimate of drug-likeness (QED) is 0.639. The van der Waals surface area contributed by atoms with Gasteiger partial charge in [0.15, 0.2) is 5.82 Å². The summed E-state index contributed by atoms with van der Waals surface area (Å²) < 4.78 is 12.2. The first-order valence-corrected chi connectivity index (χ1v) is 6.73. The number of methoxy groups -OCH3 is 2. The molecule has 0 saturated heterocycles. The van der Waals surface area contributed by atoms with Crippen LogP contribution in [0.1, 0.15) is 44.6 Å². The molecule has 0 saturated carbocycles. The number of tetrazole rings is 1. The SMILES string of the molecule is CCCC(COC)n1nnnc1C(C)NCCOC. The summed E-state index contributed by atoms with van der Waals surface area (Å²) in [5, 5.41) is 15.4. The topological polar surface area (TPSA) is 74.1 Å². The van der Waals surface area contributed by atoms with E-state index in [0.29, 0.717) is 13.2 Å². The van der Waals surface area contributed by atoms with E-state index in [1.165, 1.54) is 0 Å². The molecule has 0 aliphatic rings. The molecule has 1 rings (SSSR count). The molecule has 0 amide bonds. The zero-order chi connectivity index (χ0) is 14.1. The van der Waals surface area contributed by atoms with Gasteiger partial charge in [-0.3, -0.25) is 0 Å². The Morgan fingerprint density at radius 1 is 1.32 bits per heavy atom. The second-order valence-corrected chi connectivity index (χ2v) is 4.55. The minimum atomic E-state index is 0.0846. The molecule has 7 nitrogen and oxygen atoms in total. The molecule has 1 N–H and O–H groups in total. The minimum absolute atomic E-state index is 0.0846. The summed E-state index contributed by atoms with van der Waals surface area (Å²) in [6.45, 7) is 6.26. The Hall–Kier alpha value is -1.05. The number of hydrogen-bond acceptors (Lipinski definition) is 6. The highest BCUT2D eigenvalue weighted by atomic mass is 16.5. The maximum absolute atomic E-state index is 5.26. The number of nitrogens with one attached hydrogen (secondary N) is 1. The predicted octanol–water partition coefficient (Wildman–Crippen LogP) is 0.958. The third-order valence-electron chi connectivity index (χ3n) is 2.99. The third kappa shape index (κ3) is 4.85. The van der Waals surface area contributed by atoms with E-state index in [4.69, 9.17) is 9.47 Å². The normalized spacial score (nSPS) is 14.5. The molecule has 1 aromatic heterocycles. The monoisotopic (exact) mass is 271 g/mol. The fourth-order valence-corrected chi connectivity index (χ4v) is 2.02. The summed E-state index contributed by atoms with van der Waals surface area (Å²) in [4.78, 5) is 0. The van der Waals surface area contributed by atoms with E-state index in [2.05, 4.69) is 27.8 Å². The van der Waals surface area contributed by atoms with Crippen LogP contribution < -0.4 is 5.32 Å². The number of ether oxygens (including phenoxy) is 2. The third-order valence-corrected chi connectivity index (χ3v) is 2.99. The van der Waals surface area contributed by atoms with Crippen LogP contribution in [0.5, 0.6) is 0 Å². The lowest BCUT2D eigenvalue weighted by Gasteiger charge is -2.19. The molecule has 2 atom stereocenters. The zero-order valence-corrected chi connectivity index (χ0v) is 12.3. The van der Waals surface area contributed by atoms with E-state index < -0.39 is 0 Å².